The van der Waals surface area contributed by atoms with Crippen LogP contribution in [0.2, 0.25) is 0 Å². The summed E-state index contributed by atoms with van der Waals surface area (Å²) in [6.45, 7) is 0. The maximum absolute atomic E-state index is 10.00. The minimum absolute atomic E-state index is 0.554. The lowest BCUT2D eigenvalue weighted by Gasteiger charge is -2.05. The summed E-state index contributed by atoms with van der Waals surface area (Å²) in [4.78, 5) is 8.80. The fourth-order valence-corrected chi connectivity index (χ4v) is 3.18. The largest absolute Gasteiger partial charge is 0.381 e. The van der Waals surface area contributed by atoms with Crippen LogP contribution in [0.3, 0.4) is 0 Å². The molecule has 0 aliphatic carbocycles. The predicted molar refractivity (Wildman–Crippen MR) is 65.8 cm³/mol. The van der Waals surface area contributed by atoms with Gasteiger partial charge >= 0.3 is 0 Å². The van der Waals surface area contributed by atoms with Gasteiger partial charge in [-0.2, -0.15) is 0 Å². The molecule has 0 saturated heterocycles. The van der Waals surface area contributed by atoms with Crippen molar-refractivity contribution in [3.8, 4) is 0 Å². The highest BCUT2D eigenvalue weighted by atomic mass is 79.9. The molecule has 6 heteroatoms. The molecule has 78 valence electrons. The van der Waals surface area contributed by atoms with Crippen LogP contribution in [0.1, 0.15) is 16.7 Å². The van der Waals surface area contributed by atoms with E-state index in [0.29, 0.717) is 5.69 Å². The first-order valence-electron chi connectivity index (χ1n) is 4.07. The first kappa shape index (κ1) is 11.2. The van der Waals surface area contributed by atoms with Crippen molar-refractivity contribution >= 4 is 43.2 Å². The number of hydrogen-bond donors (Lipinski definition) is 1. The van der Waals surface area contributed by atoms with E-state index in [2.05, 4.69) is 41.8 Å². The van der Waals surface area contributed by atoms with Crippen LogP contribution in [0, 0.1) is 0 Å². The van der Waals surface area contributed by atoms with Crippen LogP contribution in [-0.4, -0.2) is 15.1 Å². The van der Waals surface area contributed by atoms with Gasteiger partial charge in [-0.15, -0.1) is 11.3 Å². The molecule has 2 aromatic rings. The minimum atomic E-state index is -0.716. The third-order valence-corrected chi connectivity index (χ3v) is 5.11. The van der Waals surface area contributed by atoms with Gasteiger partial charge in [-0.25, -0.2) is 0 Å². The zero-order valence-electron chi connectivity index (χ0n) is 7.39. The van der Waals surface area contributed by atoms with Crippen LogP contribution in [0.25, 0.3) is 0 Å². The molecule has 2 heterocycles. The van der Waals surface area contributed by atoms with E-state index in [9.17, 15) is 5.11 Å². The SMILES string of the molecule is OC(c1cnccn1)c1cc(Br)c(Br)s1. The van der Waals surface area contributed by atoms with Crippen LogP contribution in [0.4, 0.5) is 0 Å². The second-order valence-electron chi connectivity index (χ2n) is 2.80. The molecule has 0 spiro atoms. The van der Waals surface area contributed by atoms with Gasteiger partial charge in [0.15, 0.2) is 0 Å². The fraction of sp³-hybridized carbons (Fsp3) is 0.111. The molecule has 0 radical (unpaired) electrons. The molecule has 1 atom stereocenters. The van der Waals surface area contributed by atoms with Crippen molar-refractivity contribution in [2.45, 2.75) is 6.10 Å². The number of thiophene rings is 1. The normalized spacial score (nSPS) is 12.7. The Hall–Kier alpha value is -0.300. The lowest BCUT2D eigenvalue weighted by molar-refractivity contribution is 0.218. The van der Waals surface area contributed by atoms with E-state index in [0.717, 1.165) is 13.1 Å². The van der Waals surface area contributed by atoms with Crippen LogP contribution < -0.4 is 0 Å². The number of aliphatic hydroxyl groups excluding tert-OH is 1. The standard InChI is InChI=1S/C9H6Br2N2OS/c10-5-3-7(15-9(5)11)8(14)6-4-12-1-2-13-6/h1-4,8,14H. The van der Waals surface area contributed by atoms with Gasteiger partial charge in [0.05, 0.1) is 15.7 Å². The average Bonchev–Trinajstić information content (AvgIpc) is 2.59. The fourth-order valence-electron chi connectivity index (χ4n) is 1.10. The molecular weight excluding hydrogens is 344 g/mol. The van der Waals surface area contributed by atoms with Gasteiger partial charge in [0.1, 0.15) is 6.10 Å². The van der Waals surface area contributed by atoms with Crippen molar-refractivity contribution in [1.82, 2.24) is 9.97 Å². The van der Waals surface area contributed by atoms with Gasteiger partial charge in [-0.1, -0.05) is 0 Å². The van der Waals surface area contributed by atoms with Crippen molar-refractivity contribution in [3.05, 3.63) is 43.5 Å². The van der Waals surface area contributed by atoms with Gasteiger partial charge in [-0.3, -0.25) is 9.97 Å². The van der Waals surface area contributed by atoms with Gasteiger partial charge < -0.3 is 5.11 Å². The van der Waals surface area contributed by atoms with Crippen molar-refractivity contribution in [2.24, 2.45) is 0 Å². The van der Waals surface area contributed by atoms with Crippen LogP contribution in [0.15, 0.2) is 32.9 Å². The molecule has 15 heavy (non-hydrogen) atoms. The molecular formula is C9H6Br2N2OS. The summed E-state index contributed by atoms with van der Waals surface area (Å²) < 4.78 is 1.89. The second kappa shape index (κ2) is 4.69. The Bertz CT molecular complexity index is 441. The zero-order chi connectivity index (χ0) is 10.8. The van der Waals surface area contributed by atoms with E-state index in [1.165, 1.54) is 11.3 Å². The lowest BCUT2D eigenvalue weighted by Crippen LogP contribution is -2.00. The summed E-state index contributed by atoms with van der Waals surface area (Å²) in [5.41, 5.74) is 0.554. The Kier molecular flexibility index (Phi) is 3.50. The smallest absolute Gasteiger partial charge is 0.132 e. The van der Waals surface area contributed by atoms with Crippen molar-refractivity contribution < 1.29 is 5.11 Å². The number of rotatable bonds is 2. The van der Waals surface area contributed by atoms with Crippen LogP contribution >= 0.6 is 43.2 Å². The maximum Gasteiger partial charge on any atom is 0.132 e. The third kappa shape index (κ3) is 2.44. The predicted octanol–water partition coefficient (Wildman–Crippen LogP) is 3.14. The highest BCUT2D eigenvalue weighted by Gasteiger charge is 2.16. The average molecular weight is 350 g/mol. The number of halogens is 2. The molecule has 0 aliphatic heterocycles. The van der Waals surface area contributed by atoms with Gasteiger partial charge in [-0.05, 0) is 37.9 Å². The highest BCUT2D eigenvalue weighted by molar-refractivity contribution is 9.13. The lowest BCUT2D eigenvalue weighted by atomic mass is 10.2. The monoisotopic (exact) mass is 348 g/mol. The molecule has 0 fully saturated rings. The number of aromatic nitrogens is 2. The summed E-state index contributed by atoms with van der Waals surface area (Å²) in [5.74, 6) is 0. The molecule has 0 aliphatic rings. The quantitative estimate of drug-likeness (QED) is 0.905. The Balaban J connectivity index is 2.32. The minimum Gasteiger partial charge on any atom is -0.381 e. The number of aliphatic hydroxyl groups is 1. The van der Waals surface area contributed by atoms with Crippen molar-refractivity contribution in [2.75, 3.05) is 0 Å². The summed E-state index contributed by atoms with van der Waals surface area (Å²) >= 11 is 8.22. The summed E-state index contributed by atoms with van der Waals surface area (Å²) in [7, 11) is 0. The molecule has 1 N–H and O–H groups in total. The molecule has 2 aromatic heterocycles. The van der Waals surface area contributed by atoms with E-state index >= 15 is 0 Å². The topological polar surface area (TPSA) is 46.0 Å². The van der Waals surface area contributed by atoms with E-state index in [-0.39, 0.29) is 0 Å². The molecule has 0 bridgehead atoms. The molecule has 2 rings (SSSR count). The summed E-state index contributed by atoms with van der Waals surface area (Å²) in [5, 5.41) is 10.00. The van der Waals surface area contributed by atoms with Gasteiger partial charge in [0.25, 0.3) is 0 Å². The van der Waals surface area contributed by atoms with E-state index in [4.69, 9.17) is 0 Å². The molecule has 0 saturated carbocycles. The van der Waals surface area contributed by atoms with Crippen LogP contribution in [0.5, 0.6) is 0 Å². The highest BCUT2D eigenvalue weighted by Crippen LogP contribution is 2.36. The molecule has 0 aromatic carbocycles. The van der Waals surface area contributed by atoms with E-state index in [1.807, 2.05) is 6.07 Å². The molecule has 1 unspecified atom stereocenters. The third-order valence-electron chi connectivity index (χ3n) is 1.80. The zero-order valence-corrected chi connectivity index (χ0v) is 11.4. The van der Waals surface area contributed by atoms with E-state index < -0.39 is 6.10 Å². The first-order chi connectivity index (χ1) is 7.18. The maximum atomic E-state index is 10.00. The number of hydrogen-bond acceptors (Lipinski definition) is 4. The Morgan fingerprint density at radius 3 is 2.67 bits per heavy atom. The Labute approximate surface area is 107 Å². The van der Waals surface area contributed by atoms with Crippen molar-refractivity contribution in [1.29, 1.82) is 0 Å². The first-order valence-corrected chi connectivity index (χ1v) is 6.47. The molecule has 3 nitrogen and oxygen atoms in total. The molecule has 0 amide bonds. The summed E-state index contributed by atoms with van der Waals surface area (Å²) in [6, 6.07) is 1.87. The van der Waals surface area contributed by atoms with Gasteiger partial charge in [0, 0.05) is 21.7 Å². The summed E-state index contributed by atoms with van der Waals surface area (Å²) in [6.07, 6.45) is 3.99. The van der Waals surface area contributed by atoms with Crippen LogP contribution in [-0.2, 0) is 0 Å². The van der Waals surface area contributed by atoms with Gasteiger partial charge in [0.2, 0.25) is 0 Å². The number of nitrogens with zero attached hydrogens (tertiary/aromatic N) is 2. The second-order valence-corrected chi connectivity index (χ2v) is 6.06. The van der Waals surface area contributed by atoms with Crippen molar-refractivity contribution in [3.63, 3.8) is 0 Å². The Morgan fingerprint density at radius 2 is 2.13 bits per heavy atom. The van der Waals surface area contributed by atoms with E-state index in [1.54, 1.807) is 18.6 Å². The Morgan fingerprint density at radius 1 is 1.33 bits per heavy atom.